The van der Waals surface area contributed by atoms with Crippen LogP contribution in [0.5, 0.6) is 11.5 Å². The molecule has 9 heteroatoms. The van der Waals surface area contributed by atoms with Crippen LogP contribution >= 0.6 is 0 Å². The highest BCUT2D eigenvalue weighted by atomic mass is 32.2. The zero-order chi connectivity index (χ0) is 20.0. The van der Waals surface area contributed by atoms with E-state index < -0.39 is 10.0 Å². The molecule has 0 aromatic heterocycles. The maximum absolute atomic E-state index is 12.4. The molecular weight excluding hydrogens is 370 g/mol. The first-order valence-electron chi connectivity index (χ1n) is 8.07. The third-order valence-electron chi connectivity index (χ3n) is 3.75. The summed E-state index contributed by atoms with van der Waals surface area (Å²) in [5, 5.41) is 5.65. The smallest absolute Gasteiger partial charge is 0.246 e. The Kier molecular flexibility index (Phi) is 6.65. The SMILES string of the molecule is COc1ccccc1NCC(=O)Nc1ccc(OC)c(S(=O)(=O)N(C)C)c1. The molecule has 2 aromatic rings. The van der Waals surface area contributed by atoms with E-state index in [0.29, 0.717) is 17.1 Å². The number of hydrogen-bond donors (Lipinski definition) is 2. The van der Waals surface area contributed by atoms with Crippen LogP contribution in [0.3, 0.4) is 0 Å². The van der Waals surface area contributed by atoms with Gasteiger partial charge in [0.05, 0.1) is 26.5 Å². The van der Waals surface area contributed by atoms with Gasteiger partial charge in [-0.15, -0.1) is 0 Å². The second kappa shape index (κ2) is 8.74. The van der Waals surface area contributed by atoms with Gasteiger partial charge in [-0.2, -0.15) is 0 Å². The quantitative estimate of drug-likeness (QED) is 0.712. The molecule has 2 rings (SSSR count). The van der Waals surface area contributed by atoms with E-state index in [0.717, 1.165) is 4.31 Å². The molecule has 0 aliphatic carbocycles. The lowest BCUT2D eigenvalue weighted by atomic mass is 10.3. The van der Waals surface area contributed by atoms with Crippen molar-refractivity contribution in [2.45, 2.75) is 4.90 Å². The molecule has 0 spiro atoms. The summed E-state index contributed by atoms with van der Waals surface area (Å²) < 4.78 is 36.3. The average molecular weight is 393 g/mol. The topological polar surface area (TPSA) is 97.0 Å². The van der Waals surface area contributed by atoms with Crippen molar-refractivity contribution >= 4 is 27.3 Å². The number of anilines is 2. The van der Waals surface area contributed by atoms with Crippen molar-refractivity contribution in [3.63, 3.8) is 0 Å². The van der Waals surface area contributed by atoms with Gasteiger partial charge in [-0.05, 0) is 30.3 Å². The van der Waals surface area contributed by atoms with Crippen LogP contribution in [0.25, 0.3) is 0 Å². The van der Waals surface area contributed by atoms with Crippen molar-refractivity contribution in [2.75, 3.05) is 45.5 Å². The van der Waals surface area contributed by atoms with Crippen LogP contribution in [-0.2, 0) is 14.8 Å². The number of nitrogens with zero attached hydrogens (tertiary/aromatic N) is 1. The minimum absolute atomic E-state index is 0.0117. The van der Waals surface area contributed by atoms with Crippen molar-refractivity contribution in [1.82, 2.24) is 4.31 Å². The number of sulfonamides is 1. The Morgan fingerprint density at radius 1 is 1.04 bits per heavy atom. The van der Waals surface area contributed by atoms with Gasteiger partial charge in [0.25, 0.3) is 0 Å². The first-order valence-corrected chi connectivity index (χ1v) is 9.51. The molecule has 0 radical (unpaired) electrons. The molecule has 0 saturated heterocycles. The maximum atomic E-state index is 12.4. The van der Waals surface area contributed by atoms with Gasteiger partial charge >= 0.3 is 0 Å². The number of carbonyl (C=O) groups is 1. The van der Waals surface area contributed by atoms with E-state index in [1.807, 2.05) is 12.1 Å². The molecule has 0 fully saturated rings. The summed E-state index contributed by atoms with van der Waals surface area (Å²) in [5.74, 6) is 0.488. The molecule has 0 unspecified atom stereocenters. The Morgan fingerprint density at radius 3 is 2.33 bits per heavy atom. The van der Waals surface area contributed by atoms with Crippen molar-refractivity contribution in [3.8, 4) is 11.5 Å². The lowest BCUT2D eigenvalue weighted by molar-refractivity contribution is -0.114. The van der Waals surface area contributed by atoms with E-state index in [2.05, 4.69) is 10.6 Å². The molecule has 0 saturated carbocycles. The van der Waals surface area contributed by atoms with Crippen LogP contribution < -0.4 is 20.1 Å². The largest absolute Gasteiger partial charge is 0.495 e. The number of para-hydroxylation sites is 2. The lowest BCUT2D eigenvalue weighted by Crippen LogP contribution is -2.24. The fourth-order valence-electron chi connectivity index (χ4n) is 2.32. The normalized spacial score (nSPS) is 11.1. The summed E-state index contributed by atoms with van der Waals surface area (Å²) in [7, 11) is 2.07. The number of hydrogen-bond acceptors (Lipinski definition) is 6. The van der Waals surface area contributed by atoms with Gasteiger partial charge in [0.2, 0.25) is 15.9 Å². The van der Waals surface area contributed by atoms with E-state index in [1.54, 1.807) is 25.3 Å². The molecule has 2 aromatic carbocycles. The molecule has 0 heterocycles. The monoisotopic (exact) mass is 393 g/mol. The van der Waals surface area contributed by atoms with Gasteiger partial charge in [0, 0.05) is 19.8 Å². The molecule has 0 bridgehead atoms. The predicted molar refractivity (Wildman–Crippen MR) is 104 cm³/mol. The summed E-state index contributed by atoms with van der Waals surface area (Å²) in [6, 6.07) is 11.7. The number of methoxy groups -OCH3 is 2. The molecule has 1 amide bonds. The second-order valence-electron chi connectivity index (χ2n) is 5.76. The summed E-state index contributed by atoms with van der Waals surface area (Å²) in [6.45, 7) is -0.0117. The third kappa shape index (κ3) is 4.89. The number of nitrogens with one attached hydrogen (secondary N) is 2. The van der Waals surface area contributed by atoms with Crippen LogP contribution in [-0.4, -0.2) is 53.5 Å². The van der Waals surface area contributed by atoms with Crippen molar-refractivity contribution in [1.29, 1.82) is 0 Å². The summed E-state index contributed by atoms with van der Waals surface area (Å²) >= 11 is 0. The van der Waals surface area contributed by atoms with Gasteiger partial charge in [-0.3, -0.25) is 4.79 Å². The zero-order valence-corrected chi connectivity index (χ0v) is 16.5. The minimum Gasteiger partial charge on any atom is -0.495 e. The first kappa shape index (κ1) is 20.5. The molecule has 8 nitrogen and oxygen atoms in total. The summed E-state index contributed by atoms with van der Waals surface area (Å²) in [6.07, 6.45) is 0. The maximum Gasteiger partial charge on any atom is 0.246 e. The number of ether oxygens (including phenoxy) is 2. The Hall–Kier alpha value is -2.78. The van der Waals surface area contributed by atoms with E-state index in [4.69, 9.17) is 9.47 Å². The minimum atomic E-state index is -3.72. The average Bonchev–Trinajstić information content (AvgIpc) is 2.66. The Morgan fingerprint density at radius 2 is 1.70 bits per heavy atom. The Balaban J connectivity index is 2.14. The van der Waals surface area contributed by atoms with Crippen LogP contribution in [0.1, 0.15) is 0 Å². The lowest BCUT2D eigenvalue weighted by Gasteiger charge is -2.16. The summed E-state index contributed by atoms with van der Waals surface area (Å²) in [5.41, 5.74) is 1.03. The third-order valence-corrected chi connectivity index (χ3v) is 5.59. The Labute approximate surface area is 159 Å². The number of rotatable bonds is 8. The number of benzene rings is 2. The summed E-state index contributed by atoms with van der Waals surface area (Å²) in [4.78, 5) is 12.2. The van der Waals surface area contributed by atoms with Crippen molar-refractivity contribution in [3.05, 3.63) is 42.5 Å². The molecule has 0 aliphatic heterocycles. The van der Waals surface area contributed by atoms with Crippen molar-refractivity contribution in [2.24, 2.45) is 0 Å². The van der Waals surface area contributed by atoms with E-state index in [9.17, 15) is 13.2 Å². The van der Waals surface area contributed by atoms with E-state index in [-0.39, 0.29) is 23.1 Å². The molecule has 0 aliphatic rings. The fourth-order valence-corrected chi connectivity index (χ4v) is 3.40. The number of amides is 1. The Bertz CT molecular complexity index is 913. The standard InChI is InChI=1S/C18H23N3O5S/c1-21(2)27(23,24)17-11-13(9-10-16(17)26-4)20-18(22)12-19-14-7-5-6-8-15(14)25-3/h5-11,19H,12H2,1-4H3,(H,20,22). The molecule has 27 heavy (non-hydrogen) atoms. The molecular formula is C18H23N3O5S. The van der Waals surface area contributed by atoms with Crippen LogP contribution in [0.2, 0.25) is 0 Å². The first-order chi connectivity index (χ1) is 12.8. The van der Waals surface area contributed by atoms with E-state index in [1.165, 1.54) is 33.3 Å². The molecule has 146 valence electrons. The highest BCUT2D eigenvalue weighted by Gasteiger charge is 2.23. The van der Waals surface area contributed by atoms with Crippen LogP contribution in [0, 0.1) is 0 Å². The van der Waals surface area contributed by atoms with Gasteiger partial charge in [-0.25, -0.2) is 12.7 Å². The van der Waals surface area contributed by atoms with Gasteiger partial charge in [0.1, 0.15) is 16.4 Å². The van der Waals surface area contributed by atoms with Gasteiger partial charge in [-0.1, -0.05) is 12.1 Å². The fraction of sp³-hybridized carbons (Fsp3) is 0.278. The highest BCUT2D eigenvalue weighted by molar-refractivity contribution is 7.89. The van der Waals surface area contributed by atoms with Crippen LogP contribution in [0.4, 0.5) is 11.4 Å². The number of carbonyl (C=O) groups excluding carboxylic acids is 1. The van der Waals surface area contributed by atoms with Crippen LogP contribution in [0.15, 0.2) is 47.4 Å². The molecule has 0 atom stereocenters. The van der Waals surface area contributed by atoms with E-state index >= 15 is 0 Å². The zero-order valence-electron chi connectivity index (χ0n) is 15.6. The predicted octanol–water partition coefficient (Wildman–Crippen LogP) is 2.00. The highest BCUT2D eigenvalue weighted by Crippen LogP contribution is 2.29. The molecule has 2 N–H and O–H groups in total. The van der Waals surface area contributed by atoms with Crippen molar-refractivity contribution < 1.29 is 22.7 Å². The van der Waals surface area contributed by atoms with Gasteiger partial charge < -0.3 is 20.1 Å². The van der Waals surface area contributed by atoms with Gasteiger partial charge in [0.15, 0.2) is 0 Å². The second-order valence-corrected chi connectivity index (χ2v) is 7.88.